The highest BCUT2D eigenvalue weighted by Gasteiger charge is 2.29. The van der Waals surface area contributed by atoms with E-state index in [2.05, 4.69) is 45.0 Å². The average Bonchev–Trinajstić information content (AvgIpc) is 2.05. The predicted molar refractivity (Wildman–Crippen MR) is 58.6 cm³/mol. The van der Waals surface area contributed by atoms with Crippen LogP contribution in [0.15, 0.2) is 30.3 Å². The van der Waals surface area contributed by atoms with Gasteiger partial charge in [-0.05, 0) is 10.2 Å². The van der Waals surface area contributed by atoms with Crippen molar-refractivity contribution in [3.8, 4) is 0 Å². The first-order chi connectivity index (χ1) is 6.05. The van der Waals surface area contributed by atoms with Gasteiger partial charge in [0.05, 0.1) is 0 Å². The van der Waals surface area contributed by atoms with Gasteiger partial charge >= 0.3 is 0 Å². The van der Waals surface area contributed by atoms with Crippen LogP contribution in [0.4, 0.5) is 0 Å². The molecule has 0 unspecified atom stereocenters. The summed E-state index contributed by atoms with van der Waals surface area (Å²) in [6, 6.07) is 10.5. The van der Waals surface area contributed by atoms with Crippen LogP contribution >= 0.6 is 0 Å². The highest BCUT2D eigenvalue weighted by atomic mass is 28.3. The molecule has 0 amide bonds. The van der Waals surface area contributed by atoms with E-state index in [1.807, 2.05) is 13.2 Å². The van der Waals surface area contributed by atoms with E-state index in [0.717, 1.165) is 0 Å². The summed E-state index contributed by atoms with van der Waals surface area (Å²) in [5.41, 5.74) is 0. The van der Waals surface area contributed by atoms with Crippen molar-refractivity contribution in [3.05, 3.63) is 30.3 Å². The van der Waals surface area contributed by atoms with E-state index >= 15 is 0 Å². The third kappa shape index (κ3) is 2.67. The summed E-state index contributed by atoms with van der Waals surface area (Å²) in [5, 5.41) is 1.60. The molecule has 0 heterocycles. The van der Waals surface area contributed by atoms with Crippen LogP contribution in [-0.2, 0) is 4.43 Å². The molecule has 1 aromatic carbocycles. The largest absolute Gasteiger partial charge is 0.414 e. The van der Waals surface area contributed by atoms with Gasteiger partial charge in [0.1, 0.15) is 0 Å². The van der Waals surface area contributed by atoms with Crippen molar-refractivity contribution in [2.24, 2.45) is 0 Å². The quantitative estimate of drug-likeness (QED) is 0.655. The molecule has 1 radical (unpaired) electrons. The normalized spacial score (nSPS) is 12.1. The molecule has 0 aliphatic carbocycles. The van der Waals surface area contributed by atoms with Gasteiger partial charge < -0.3 is 4.43 Å². The van der Waals surface area contributed by atoms with Crippen LogP contribution < -0.4 is 5.19 Å². The van der Waals surface area contributed by atoms with Crippen LogP contribution in [0.3, 0.4) is 0 Å². The van der Waals surface area contributed by atoms with E-state index in [1.165, 1.54) is 5.19 Å². The highest BCUT2D eigenvalue weighted by Crippen LogP contribution is 2.26. The Morgan fingerprint density at radius 1 is 1.08 bits per heavy atom. The molecule has 71 valence electrons. The molecule has 0 aliphatic rings. The summed E-state index contributed by atoms with van der Waals surface area (Å²) in [7, 11) is 0.935. The maximum absolute atomic E-state index is 5.60. The first kappa shape index (κ1) is 10.5. The Labute approximate surface area is 82.5 Å². The lowest BCUT2D eigenvalue weighted by Gasteiger charge is -2.26. The van der Waals surface area contributed by atoms with Gasteiger partial charge in [-0.1, -0.05) is 51.1 Å². The van der Waals surface area contributed by atoms with Crippen molar-refractivity contribution in [2.45, 2.75) is 25.8 Å². The Morgan fingerprint density at radius 3 is 2.00 bits per heavy atom. The lowest BCUT2D eigenvalue weighted by molar-refractivity contribution is 0.402. The molecule has 0 fully saturated rings. The van der Waals surface area contributed by atoms with Gasteiger partial charge in [-0.3, -0.25) is 0 Å². The van der Waals surface area contributed by atoms with Gasteiger partial charge in [-0.15, -0.1) is 0 Å². The standard InChI is InChI=1S/C11H17OSi/c1-11(2,3)13(12-4)10-8-6-5-7-9-10/h5-9H,1-4H3. The van der Waals surface area contributed by atoms with Crippen LogP contribution in [0.1, 0.15) is 20.8 Å². The zero-order valence-corrected chi connectivity index (χ0v) is 9.79. The lowest BCUT2D eigenvalue weighted by atomic mass is 10.2. The third-order valence-electron chi connectivity index (χ3n) is 1.92. The first-order valence-electron chi connectivity index (χ1n) is 4.52. The molecule has 0 N–H and O–H groups in total. The van der Waals surface area contributed by atoms with Crippen molar-refractivity contribution in [1.82, 2.24) is 0 Å². The fourth-order valence-corrected chi connectivity index (χ4v) is 3.66. The molecule has 0 spiro atoms. The fourth-order valence-electron chi connectivity index (χ4n) is 1.45. The highest BCUT2D eigenvalue weighted by molar-refractivity contribution is 6.70. The summed E-state index contributed by atoms with van der Waals surface area (Å²) in [5.74, 6) is 0. The molecule has 1 nitrogen and oxygen atoms in total. The maximum Gasteiger partial charge on any atom is 0.251 e. The molecule has 1 aromatic rings. The molecule has 0 saturated heterocycles. The second-order valence-electron chi connectivity index (χ2n) is 4.15. The molecule has 13 heavy (non-hydrogen) atoms. The molecular formula is C11H17OSi. The maximum atomic E-state index is 5.60. The van der Waals surface area contributed by atoms with Crippen molar-refractivity contribution < 1.29 is 4.43 Å². The Balaban J connectivity index is 2.92. The Hall–Kier alpha value is -0.603. The number of rotatable bonds is 2. The molecule has 0 aliphatic heterocycles. The van der Waals surface area contributed by atoms with Crippen molar-refractivity contribution >= 4 is 14.2 Å². The van der Waals surface area contributed by atoms with Crippen LogP contribution in [0.5, 0.6) is 0 Å². The minimum absolute atomic E-state index is 0.251. The van der Waals surface area contributed by atoms with Crippen LogP contribution in [-0.4, -0.2) is 16.2 Å². The molecule has 1 rings (SSSR count). The van der Waals surface area contributed by atoms with Gasteiger partial charge in [0.15, 0.2) is 0 Å². The second-order valence-corrected chi connectivity index (χ2v) is 7.29. The van der Waals surface area contributed by atoms with E-state index in [0.29, 0.717) is 0 Å². The summed E-state index contributed by atoms with van der Waals surface area (Å²) in [6.45, 7) is 6.70. The van der Waals surface area contributed by atoms with Gasteiger partial charge in [-0.2, -0.15) is 0 Å². The van der Waals surface area contributed by atoms with Crippen molar-refractivity contribution in [1.29, 1.82) is 0 Å². The summed E-state index contributed by atoms with van der Waals surface area (Å²) >= 11 is 0. The van der Waals surface area contributed by atoms with Gasteiger partial charge in [0.25, 0.3) is 9.04 Å². The molecule has 0 saturated carbocycles. The first-order valence-corrected chi connectivity index (χ1v) is 5.93. The molecule has 2 heteroatoms. The van der Waals surface area contributed by atoms with Gasteiger partial charge in [0, 0.05) is 7.11 Å². The minimum Gasteiger partial charge on any atom is -0.414 e. The second kappa shape index (κ2) is 4.07. The lowest BCUT2D eigenvalue weighted by Crippen LogP contribution is -2.40. The van der Waals surface area contributed by atoms with E-state index in [9.17, 15) is 0 Å². The van der Waals surface area contributed by atoms with E-state index < -0.39 is 9.04 Å². The summed E-state index contributed by atoms with van der Waals surface area (Å²) in [4.78, 5) is 0. The molecule has 0 atom stereocenters. The molecule has 0 bridgehead atoms. The van der Waals surface area contributed by atoms with Gasteiger partial charge in [-0.25, -0.2) is 0 Å². The van der Waals surface area contributed by atoms with Crippen LogP contribution in [0.25, 0.3) is 0 Å². The Morgan fingerprint density at radius 2 is 1.62 bits per heavy atom. The topological polar surface area (TPSA) is 9.23 Å². The van der Waals surface area contributed by atoms with E-state index in [1.54, 1.807) is 0 Å². The average molecular weight is 193 g/mol. The molecule has 0 aromatic heterocycles. The van der Waals surface area contributed by atoms with Crippen LogP contribution in [0.2, 0.25) is 5.04 Å². The zero-order valence-electron chi connectivity index (χ0n) is 8.79. The minimum atomic E-state index is -0.877. The Kier molecular flexibility index (Phi) is 3.28. The number of hydrogen-bond acceptors (Lipinski definition) is 1. The summed E-state index contributed by atoms with van der Waals surface area (Å²) in [6.07, 6.45) is 0. The summed E-state index contributed by atoms with van der Waals surface area (Å²) < 4.78 is 5.60. The van der Waals surface area contributed by atoms with Crippen molar-refractivity contribution in [3.63, 3.8) is 0 Å². The van der Waals surface area contributed by atoms with Gasteiger partial charge in [0.2, 0.25) is 0 Å². The smallest absolute Gasteiger partial charge is 0.251 e. The fraction of sp³-hybridized carbons (Fsp3) is 0.455. The number of benzene rings is 1. The monoisotopic (exact) mass is 193 g/mol. The van der Waals surface area contributed by atoms with Crippen LogP contribution in [0, 0.1) is 0 Å². The number of hydrogen-bond donors (Lipinski definition) is 0. The third-order valence-corrected chi connectivity index (χ3v) is 4.55. The van der Waals surface area contributed by atoms with E-state index in [4.69, 9.17) is 4.43 Å². The zero-order chi connectivity index (χ0) is 9.90. The van der Waals surface area contributed by atoms with Crippen molar-refractivity contribution in [2.75, 3.05) is 7.11 Å². The molecular weight excluding hydrogens is 176 g/mol. The van der Waals surface area contributed by atoms with E-state index in [-0.39, 0.29) is 5.04 Å². The SMILES string of the molecule is CO[Si](c1ccccc1)C(C)(C)C. The predicted octanol–water partition coefficient (Wildman–Crippen LogP) is 2.33. The Bertz CT molecular complexity index is 251.